The van der Waals surface area contributed by atoms with E-state index in [-0.39, 0.29) is 9.24 Å². The molecule has 1 aromatic heterocycles. The molecule has 0 spiro atoms. The first-order valence-corrected chi connectivity index (χ1v) is 7.83. The molecule has 6 heteroatoms. The van der Waals surface area contributed by atoms with Gasteiger partial charge in [-0.1, -0.05) is 18.2 Å². The van der Waals surface area contributed by atoms with Gasteiger partial charge in [-0.15, -0.1) is 11.3 Å². The Morgan fingerprint density at radius 2 is 1.79 bits per heavy atom. The lowest BCUT2D eigenvalue weighted by atomic mass is 10.3. The van der Waals surface area contributed by atoms with Gasteiger partial charge < -0.3 is 5.73 Å². The zero-order chi connectivity index (χ0) is 13.5. The molecule has 3 aromatic rings. The van der Waals surface area contributed by atoms with Crippen LogP contribution in [0.4, 0.5) is 5.69 Å². The number of nitrogens with two attached hydrogens (primary N) is 1. The Labute approximate surface area is 114 Å². The predicted molar refractivity (Wildman–Crippen MR) is 75.9 cm³/mol. The summed E-state index contributed by atoms with van der Waals surface area (Å²) in [6.45, 7) is 0. The quantitative estimate of drug-likeness (QED) is 0.736. The van der Waals surface area contributed by atoms with Crippen molar-refractivity contribution >= 4 is 37.1 Å². The Hall–Kier alpha value is -1.92. The van der Waals surface area contributed by atoms with Crippen molar-refractivity contribution in [3.63, 3.8) is 0 Å². The molecule has 4 nitrogen and oxygen atoms in total. The molecular formula is C13H10N2O2S2. The molecule has 0 bridgehead atoms. The molecule has 2 N–H and O–H groups in total. The van der Waals surface area contributed by atoms with Gasteiger partial charge in [0, 0.05) is 5.69 Å². The molecule has 2 aromatic carbocycles. The predicted octanol–water partition coefficient (Wildman–Crippen LogP) is 2.71. The number of sulfone groups is 1. The van der Waals surface area contributed by atoms with Gasteiger partial charge in [0.15, 0.2) is 0 Å². The Morgan fingerprint density at radius 3 is 2.53 bits per heavy atom. The van der Waals surface area contributed by atoms with Gasteiger partial charge in [0.25, 0.3) is 0 Å². The van der Waals surface area contributed by atoms with Crippen molar-refractivity contribution in [2.75, 3.05) is 5.73 Å². The van der Waals surface area contributed by atoms with Gasteiger partial charge in [0.2, 0.25) is 14.2 Å². The maximum absolute atomic E-state index is 12.4. The average Bonchev–Trinajstić information content (AvgIpc) is 2.83. The number of anilines is 1. The summed E-state index contributed by atoms with van der Waals surface area (Å²) in [4.78, 5) is 4.43. The van der Waals surface area contributed by atoms with Crippen LogP contribution in [0.5, 0.6) is 0 Å². The van der Waals surface area contributed by atoms with Gasteiger partial charge in [-0.25, -0.2) is 13.4 Å². The summed E-state index contributed by atoms with van der Waals surface area (Å²) in [6, 6.07) is 13.5. The summed E-state index contributed by atoms with van der Waals surface area (Å²) < 4.78 is 25.7. The van der Waals surface area contributed by atoms with Crippen molar-refractivity contribution in [2.45, 2.75) is 9.24 Å². The van der Waals surface area contributed by atoms with Crippen molar-refractivity contribution < 1.29 is 8.42 Å². The maximum atomic E-state index is 12.4. The van der Waals surface area contributed by atoms with E-state index >= 15 is 0 Å². The van der Waals surface area contributed by atoms with E-state index in [0.717, 1.165) is 16.0 Å². The van der Waals surface area contributed by atoms with Crippen LogP contribution >= 0.6 is 11.3 Å². The van der Waals surface area contributed by atoms with Gasteiger partial charge in [-0.05, 0) is 30.3 Å². The number of benzene rings is 2. The fourth-order valence-electron chi connectivity index (χ4n) is 1.74. The van der Waals surface area contributed by atoms with Crippen LogP contribution in [0.25, 0.3) is 10.2 Å². The number of hydrogen-bond donors (Lipinski definition) is 1. The monoisotopic (exact) mass is 290 g/mol. The molecule has 0 saturated carbocycles. The first-order valence-electron chi connectivity index (χ1n) is 5.53. The molecule has 1 heterocycles. The zero-order valence-electron chi connectivity index (χ0n) is 9.78. The van der Waals surface area contributed by atoms with Crippen LogP contribution in [0.15, 0.2) is 57.8 Å². The molecule has 0 aliphatic heterocycles. The summed E-state index contributed by atoms with van der Waals surface area (Å²) in [5, 5.41) is 0. The average molecular weight is 290 g/mol. The van der Waals surface area contributed by atoms with E-state index in [1.54, 1.807) is 48.5 Å². The van der Waals surface area contributed by atoms with E-state index in [4.69, 9.17) is 5.73 Å². The van der Waals surface area contributed by atoms with Crippen molar-refractivity contribution in [3.8, 4) is 0 Å². The van der Waals surface area contributed by atoms with E-state index in [1.807, 2.05) is 0 Å². The van der Waals surface area contributed by atoms with Crippen LogP contribution in [0.2, 0.25) is 0 Å². The number of fused-ring (bicyclic) bond motifs is 1. The van der Waals surface area contributed by atoms with E-state index in [2.05, 4.69) is 4.98 Å². The number of nitrogens with zero attached hydrogens (tertiary/aromatic N) is 1. The summed E-state index contributed by atoms with van der Waals surface area (Å²) in [5.74, 6) is 0. The van der Waals surface area contributed by atoms with E-state index in [1.165, 1.54) is 0 Å². The van der Waals surface area contributed by atoms with Gasteiger partial charge in [0.05, 0.1) is 15.1 Å². The third-order valence-corrected chi connectivity index (χ3v) is 5.84. The summed E-state index contributed by atoms with van der Waals surface area (Å²) in [6.07, 6.45) is 0. The summed E-state index contributed by atoms with van der Waals surface area (Å²) in [5.41, 5.74) is 6.93. The van der Waals surface area contributed by atoms with Crippen molar-refractivity contribution in [1.82, 2.24) is 4.98 Å². The molecule has 0 aliphatic carbocycles. The normalized spacial score (nSPS) is 11.8. The Kier molecular flexibility index (Phi) is 2.76. The highest BCUT2D eigenvalue weighted by atomic mass is 32.2. The van der Waals surface area contributed by atoms with Gasteiger partial charge in [-0.2, -0.15) is 0 Å². The molecule has 3 rings (SSSR count). The summed E-state index contributed by atoms with van der Waals surface area (Å²) in [7, 11) is -3.55. The lowest BCUT2D eigenvalue weighted by Crippen LogP contribution is -2.00. The van der Waals surface area contributed by atoms with E-state index in [0.29, 0.717) is 11.2 Å². The standard InChI is InChI=1S/C13H10N2O2S2/c14-9-6-7-11-12(8-9)18-13(15-11)19(16,17)10-4-2-1-3-5-10/h1-8H,14H2. The van der Waals surface area contributed by atoms with Crippen LogP contribution in [-0.2, 0) is 9.84 Å². The third kappa shape index (κ3) is 2.09. The minimum Gasteiger partial charge on any atom is -0.399 e. The van der Waals surface area contributed by atoms with Gasteiger partial charge in [0.1, 0.15) is 0 Å². The van der Waals surface area contributed by atoms with Gasteiger partial charge >= 0.3 is 0 Å². The molecule has 0 atom stereocenters. The Bertz CT molecular complexity index is 839. The number of aromatic nitrogens is 1. The lowest BCUT2D eigenvalue weighted by Gasteiger charge is -1.98. The van der Waals surface area contributed by atoms with Crippen LogP contribution in [-0.4, -0.2) is 13.4 Å². The molecule has 19 heavy (non-hydrogen) atoms. The van der Waals surface area contributed by atoms with Crippen molar-refractivity contribution in [3.05, 3.63) is 48.5 Å². The van der Waals surface area contributed by atoms with Crippen molar-refractivity contribution in [1.29, 1.82) is 0 Å². The topological polar surface area (TPSA) is 73.0 Å². The summed E-state index contributed by atoms with van der Waals surface area (Å²) >= 11 is 1.13. The van der Waals surface area contributed by atoms with Crippen LogP contribution < -0.4 is 5.73 Å². The Morgan fingerprint density at radius 1 is 1.05 bits per heavy atom. The highest BCUT2D eigenvalue weighted by Gasteiger charge is 2.21. The first-order chi connectivity index (χ1) is 9.07. The molecule has 0 saturated heterocycles. The number of hydrogen-bond acceptors (Lipinski definition) is 5. The number of thiazole rings is 1. The molecule has 96 valence electrons. The van der Waals surface area contributed by atoms with Crippen LogP contribution in [0, 0.1) is 0 Å². The second-order valence-electron chi connectivity index (χ2n) is 4.02. The van der Waals surface area contributed by atoms with Crippen molar-refractivity contribution in [2.24, 2.45) is 0 Å². The minimum absolute atomic E-state index is 0.0966. The molecule has 0 radical (unpaired) electrons. The smallest absolute Gasteiger partial charge is 0.233 e. The second kappa shape index (κ2) is 4.32. The van der Waals surface area contributed by atoms with E-state index < -0.39 is 9.84 Å². The van der Waals surface area contributed by atoms with Gasteiger partial charge in [-0.3, -0.25) is 0 Å². The SMILES string of the molecule is Nc1ccc2nc(S(=O)(=O)c3ccccc3)sc2c1. The molecule has 0 aliphatic rings. The largest absolute Gasteiger partial charge is 0.399 e. The fourth-order valence-corrected chi connectivity index (χ4v) is 4.41. The van der Waals surface area contributed by atoms with Crippen LogP contribution in [0.3, 0.4) is 0 Å². The third-order valence-electron chi connectivity index (χ3n) is 2.68. The van der Waals surface area contributed by atoms with E-state index in [9.17, 15) is 8.42 Å². The lowest BCUT2D eigenvalue weighted by molar-refractivity contribution is 0.595. The second-order valence-corrected chi connectivity index (χ2v) is 7.18. The number of nitrogen functional groups attached to an aromatic ring is 1. The molecular weight excluding hydrogens is 280 g/mol. The molecule has 0 fully saturated rings. The first kappa shape index (κ1) is 12.1. The Balaban J connectivity index is 2.19. The maximum Gasteiger partial charge on any atom is 0.233 e. The van der Waals surface area contributed by atoms with Crippen LogP contribution in [0.1, 0.15) is 0 Å². The minimum atomic E-state index is -3.55. The molecule has 0 unspecified atom stereocenters. The zero-order valence-corrected chi connectivity index (χ0v) is 11.4. The molecule has 0 amide bonds. The highest BCUT2D eigenvalue weighted by molar-refractivity contribution is 7.93. The number of rotatable bonds is 2. The highest BCUT2D eigenvalue weighted by Crippen LogP contribution is 2.30. The fraction of sp³-hybridized carbons (Fsp3) is 0.